The number of aryl methyl sites for hydroxylation is 2. The summed E-state index contributed by atoms with van der Waals surface area (Å²) in [5.74, 6) is 0.546. The average Bonchev–Trinajstić information content (AvgIpc) is 2.87. The summed E-state index contributed by atoms with van der Waals surface area (Å²) < 4.78 is 0. The summed E-state index contributed by atoms with van der Waals surface area (Å²) in [5, 5.41) is 10.2. The smallest absolute Gasteiger partial charge is 0.240 e. The first-order valence-corrected chi connectivity index (χ1v) is 12.6. The molecule has 1 aliphatic heterocycles. The highest BCUT2D eigenvalue weighted by Gasteiger charge is 2.29. The number of nitriles is 1. The molecule has 5 rings (SSSR count). The number of fused-ring (bicyclic) bond motifs is 2. The van der Waals surface area contributed by atoms with Gasteiger partial charge < -0.3 is 4.90 Å². The third kappa shape index (κ3) is 4.41. The number of hydrogen-bond acceptors (Lipinski definition) is 4. The maximum absolute atomic E-state index is 13.3. The summed E-state index contributed by atoms with van der Waals surface area (Å²) in [6.45, 7) is 2.67. The lowest BCUT2D eigenvalue weighted by Crippen LogP contribution is -2.40. The zero-order valence-corrected chi connectivity index (χ0v) is 19.6. The molecular weight excluding hydrogens is 426 g/mol. The Labute approximate surface area is 199 Å². The number of benzene rings is 2. The molecule has 33 heavy (non-hydrogen) atoms. The molecule has 5 heteroatoms. The van der Waals surface area contributed by atoms with Crippen LogP contribution in [0, 0.1) is 11.3 Å². The molecule has 1 aromatic heterocycles. The monoisotopic (exact) mass is 453 g/mol. The van der Waals surface area contributed by atoms with Crippen molar-refractivity contribution in [2.24, 2.45) is 0 Å². The molecule has 0 saturated heterocycles. The van der Waals surface area contributed by atoms with Crippen LogP contribution in [0.4, 0.5) is 5.69 Å². The topological polar surface area (TPSA) is 57.0 Å². The normalized spacial score (nSPS) is 18.1. The summed E-state index contributed by atoms with van der Waals surface area (Å²) in [7, 11) is 0. The van der Waals surface area contributed by atoms with Crippen molar-refractivity contribution in [3.8, 4) is 6.07 Å². The Balaban J connectivity index is 1.35. The van der Waals surface area contributed by atoms with Crippen molar-refractivity contribution in [3.05, 3.63) is 88.6 Å². The van der Waals surface area contributed by atoms with Crippen molar-refractivity contribution in [2.45, 2.75) is 55.2 Å². The van der Waals surface area contributed by atoms with E-state index >= 15 is 0 Å². The predicted octanol–water partition coefficient (Wildman–Crippen LogP) is 5.69. The lowest BCUT2D eigenvalue weighted by molar-refractivity contribution is -0.117. The van der Waals surface area contributed by atoms with E-state index in [2.05, 4.69) is 36.4 Å². The molecule has 4 nitrogen and oxygen atoms in total. The zero-order chi connectivity index (χ0) is 22.8. The second-order valence-electron chi connectivity index (χ2n) is 8.89. The van der Waals surface area contributed by atoms with Crippen LogP contribution in [0.2, 0.25) is 0 Å². The van der Waals surface area contributed by atoms with Crippen LogP contribution in [0.15, 0.2) is 65.7 Å². The van der Waals surface area contributed by atoms with Gasteiger partial charge in [-0.3, -0.25) is 4.79 Å². The van der Waals surface area contributed by atoms with E-state index in [0.717, 1.165) is 50.0 Å². The van der Waals surface area contributed by atoms with Crippen LogP contribution < -0.4 is 4.90 Å². The molecule has 166 valence electrons. The maximum atomic E-state index is 13.3. The van der Waals surface area contributed by atoms with Crippen molar-refractivity contribution in [1.82, 2.24) is 4.98 Å². The molecule has 1 aliphatic carbocycles. The van der Waals surface area contributed by atoms with Crippen LogP contribution in [-0.4, -0.2) is 22.7 Å². The molecule has 0 N–H and O–H groups in total. The molecule has 0 bridgehead atoms. The van der Waals surface area contributed by atoms with E-state index in [-0.39, 0.29) is 11.2 Å². The fraction of sp³-hybridized carbons (Fsp3) is 0.321. The van der Waals surface area contributed by atoms with Crippen LogP contribution in [0.3, 0.4) is 0 Å². The van der Waals surface area contributed by atoms with Gasteiger partial charge in [0.2, 0.25) is 5.91 Å². The Morgan fingerprint density at radius 1 is 1.12 bits per heavy atom. The largest absolute Gasteiger partial charge is 0.311 e. The number of hydrogen-bond donors (Lipinski definition) is 0. The molecule has 2 aromatic carbocycles. The highest BCUT2D eigenvalue weighted by molar-refractivity contribution is 8.00. The van der Waals surface area contributed by atoms with Crippen LogP contribution in [0.1, 0.15) is 53.6 Å². The van der Waals surface area contributed by atoms with Crippen molar-refractivity contribution in [2.75, 3.05) is 11.4 Å². The van der Waals surface area contributed by atoms with Gasteiger partial charge in [0, 0.05) is 17.9 Å². The van der Waals surface area contributed by atoms with Gasteiger partial charge in [0.05, 0.1) is 10.8 Å². The van der Waals surface area contributed by atoms with Crippen LogP contribution >= 0.6 is 11.8 Å². The van der Waals surface area contributed by atoms with Gasteiger partial charge in [0.25, 0.3) is 0 Å². The Bertz CT molecular complexity index is 1220. The number of thioether (sulfide) groups is 1. The Hall–Kier alpha value is -3.10. The lowest BCUT2D eigenvalue weighted by atomic mass is 9.82. The fourth-order valence-electron chi connectivity index (χ4n) is 5.03. The molecule has 2 unspecified atom stereocenters. The molecule has 0 radical (unpaired) electrons. The van der Waals surface area contributed by atoms with Gasteiger partial charge in [-0.2, -0.15) is 5.26 Å². The van der Waals surface area contributed by atoms with Gasteiger partial charge in [-0.15, -0.1) is 0 Å². The molecule has 2 aliphatic rings. The van der Waals surface area contributed by atoms with E-state index in [9.17, 15) is 10.1 Å². The third-order valence-electron chi connectivity index (χ3n) is 6.76. The van der Waals surface area contributed by atoms with E-state index < -0.39 is 0 Å². The minimum Gasteiger partial charge on any atom is -0.311 e. The highest BCUT2D eigenvalue weighted by atomic mass is 32.2. The van der Waals surface area contributed by atoms with E-state index in [1.807, 2.05) is 42.2 Å². The van der Waals surface area contributed by atoms with Crippen LogP contribution in [0.5, 0.6) is 0 Å². The quantitative estimate of drug-likeness (QED) is 0.477. The number of pyridine rings is 1. The third-order valence-corrected chi connectivity index (χ3v) is 7.85. The molecule has 2 heterocycles. The van der Waals surface area contributed by atoms with E-state index in [1.54, 1.807) is 0 Å². The van der Waals surface area contributed by atoms with E-state index in [0.29, 0.717) is 16.5 Å². The van der Waals surface area contributed by atoms with E-state index in [4.69, 9.17) is 4.98 Å². The average molecular weight is 454 g/mol. The van der Waals surface area contributed by atoms with Gasteiger partial charge in [0.1, 0.15) is 11.1 Å². The number of carbonyl (C=O) groups excluding carboxylic acids is 1. The van der Waals surface area contributed by atoms with Crippen molar-refractivity contribution in [1.29, 1.82) is 5.26 Å². The minimum atomic E-state index is -0.311. The first kappa shape index (κ1) is 21.7. The Morgan fingerprint density at radius 3 is 2.73 bits per heavy atom. The SMILES string of the molecule is CC(Sc1nc2c(cc1C#N)CC(c1ccccc1)CC2)C(=O)N1CCCc2ccccc21. The number of para-hydroxylation sites is 1. The second kappa shape index (κ2) is 9.41. The van der Waals surface area contributed by atoms with Crippen LogP contribution in [-0.2, 0) is 24.1 Å². The fourth-order valence-corrected chi connectivity index (χ4v) is 5.98. The van der Waals surface area contributed by atoms with Crippen molar-refractivity contribution >= 4 is 23.4 Å². The number of rotatable bonds is 4. The molecule has 0 fully saturated rings. The lowest BCUT2D eigenvalue weighted by Gasteiger charge is -2.31. The second-order valence-corrected chi connectivity index (χ2v) is 10.2. The van der Waals surface area contributed by atoms with Gasteiger partial charge in [-0.1, -0.05) is 60.3 Å². The number of anilines is 1. The summed E-state index contributed by atoms with van der Waals surface area (Å²) in [5.41, 5.74) is 6.41. The van der Waals surface area contributed by atoms with Gasteiger partial charge in [0.15, 0.2) is 0 Å². The molecule has 2 atom stereocenters. The highest BCUT2D eigenvalue weighted by Crippen LogP contribution is 2.36. The van der Waals surface area contributed by atoms with Crippen molar-refractivity contribution < 1.29 is 4.79 Å². The van der Waals surface area contributed by atoms with E-state index in [1.165, 1.54) is 28.5 Å². The number of aromatic nitrogens is 1. The minimum absolute atomic E-state index is 0.0831. The van der Waals surface area contributed by atoms with Crippen LogP contribution in [0.25, 0.3) is 0 Å². The summed E-state index contributed by atoms with van der Waals surface area (Å²) in [6, 6.07) is 23.1. The molecular formula is C28H27N3OS. The number of carbonyl (C=O) groups is 1. The first-order valence-electron chi connectivity index (χ1n) is 11.7. The van der Waals surface area contributed by atoms with Gasteiger partial charge >= 0.3 is 0 Å². The molecule has 0 spiro atoms. The maximum Gasteiger partial charge on any atom is 0.240 e. The summed E-state index contributed by atoms with van der Waals surface area (Å²) >= 11 is 1.42. The van der Waals surface area contributed by atoms with Gasteiger partial charge in [-0.05, 0) is 73.8 Å². The van der Waals surface area contributed by atoms with Crippen molar-refractivity contribution in [3.63, 3.8) is 0 Å². The zero-order valence-electron chi connectivity index (χ0n) is 18.8. The van der Waals surface area contributed by atoms with Gasteiger partial charge in [-0.25, -0.2) is 4.98 Å². The summed E-state index contributed by atoms with van der Waals surface area (Å²) in [4.78, 5) is 20.1. The molecule has 0 saturated carbocycles. The summed E-state index contributed by atoms with van der Waals surface area (Å²) in [6.07, 6.45) is 4.85. The first-order chi connectivity index (χ1) is 16.1. The number of nitrogens with zero attached hydrogens (tertiary/aromatic N) is 3. The Kier molecular flexibility index (Phi) is 6.20. The predicted molar refractivity (Wildman–Crippen MR) is 133 cm³/mol. The molecule has 3 aromatic rings. The Morgan fingerprint density at radius 2 is 1.91 bits per heavy atom. The number of amides is 1. The molecule has 1 amide bonds. The standard InChI is InChI=1S/C28H27N3OS/c1-19(28(32)31-15-7-11-21-10-5-6-12-26(21)31)33-27-24(18-29)17-23-16-22(13-14-25(23)30-27)20-8-3-2-4-9-20/h2-6,8-10,12,17,19,22H,7,11,13-16H2,1H3.